The van der Waals surface area contributed by atoms with Gasteiger partial charge in [0, 0.05) is 0 Å². The SMILES string of the molecule is CC.CC.CC.C[SiH]1O[SiH](C)O[SiH](CC[SiH2]O[SiH2]O[SiH](CCCCCC[Si]2(C)O[SiH](C)O[SiH](C)O[SiH](C)O2)O[SiH2]CC[SiH]2O[SiH](C)O[SiH](C)O[SiH](C)O2)O[SiH](C)O1. The van der Waals surface area contributed by atoms with Crippen molar-refractivity contribution in [3.05, 3.63) is 0 Å². The molecule has 57 heavy (non-hydrogen) atoms. The molecule has 3 rings (SSSR count). The molecule has 3 fully saturated rings. The molecule has 3 aliphatic rings. The van der Waals surface area contributed by atoms with Crippen molar-refractivity contribution in [3.63, 3.8) is 0 Å². The normalized spacial score (nSPS) is 35.1. The van der Waals surface area contributed by atoms with Gasteiger partial charge in [0.05, 0.1) is 0 Å². The first-order valence-electron chi connectivity index (χ1n) is 22.0. The lowest BCUT2D eigenvalue weighted by Gasteiger charge is -2.37. The van der Waals surface area contributed by atoms with Gasteiger partial charge in [0.2, 0.25) is 0 Å². The Morgan fingerprint density at radius 3 is 1.26 bits per heavy atom. The van der Waals surface area contributed by atoms with E-state index in [-0.39, 0.29) is 0 Å². The lowest BCUT2D eigenvalue weighted by Crippen LogP contribution is -2.52. The van der Waals surface area contributed by atoms with E-state index in [1.54, 1.807) is 0 Å². The summed E-state index contributed by atoms with van der Waals surface area (Å²) in [7, 11) is -24.9. The van der Waals surface area contributed by atoms with Gasteiger partial charge in [-0.2, -0.15) is 0 Å². The van der Waals surface area contributed by atoms with Crippen molar-refractivity contribution in [2.24, 2.45) is 0 Å². The summed E-state index contributed by atoms with van der Waals surface area (Å²) in [4.78, 5) is 0. The molecule has 0 aliphatic carbocycles. The summed E-state index contributed by atoms with van der Waals surface area (Å²) >= 11 is 0. The van der Waals surface area contributed by atoms with E-state index >= 15 is 0 Å². The molecule has 0 bridgehead atoms. The first kappa shape index (κ1) is 59.9. The molecular formula is C26H86O15Si16. The maximum atomic E-state index is 6.60. The molecule has 3 saturated heterocycles. The zero-order chi connectivity index (χ0) is 43.2. The van der Waals surface area contributed by atoms with Crippen molar-refractivity contribution < 1.29 is 61.7 Å². The Balaban J connectivity index is 0.00000498. The average Bonchev–Trinajstić information content (AvgIpc) is 3.12. The molecule has 0 aromatic carbocycles. The monoisotopic (exact) mass is 1090 g/mol. The fourth-order valence-electron chi connectivity index (χ4n) is 6.26. The van der Waals surface area contributed by atoms with E-state index in [0.29, 0.717) is 0 Å². The molecular weight excluding hydrogens is 1000 g/mol. The van der Waals surface area contributed by atoms with Gasteiger partial charge in [0.15, 0.2) is 0 Å². The number of hydrogen-bond acceptors (Lipinski definition) is 15. The van der Waals surface area contributed by atoms with Gasteiger partial charge in [-0.3, -0.25) is 0 Å². The minimum atomic E-state index is -2.26. The molecule has 3 aliphatic heterocycles. The highest BCUT2D eigenvalue weighted by Crippen LogP contribution is 2.24. The topological polar surface area (TPSA) is 138 Å². The Morgan fingerprint density at radius 1 is 0.456 bits per heavy atom. The van der Waals surface area contributed by atoms with Crippen LogP contribution >= 0.6 is 0 Å². The predicted octanol–water partition coefficient (Wildman–Crippen LogP) is 1.30. The first-order valence-corrected chi connectivity index (χ1v) is 53.0. The molecule has 31 heteroatoms. The zero-order valence-corrected chi connectivity index (χ0v) is 57.8. The molecule has 7 atom stereocenters. The van der Waals surface area contributed by atoms with E-state index < -0.39 is 149 Å². The molecule has 15 nitrogen and oxygen atoms in total. The van der Waals surface area contributed by atoms with E-state index in [1.165, 1.54) is 0 Å². The Labute approximate surface area is 377 Å². The van der Waals surface area contributed by atoms with E-state index in [2.05, 4.69) is 65.5 Å². The largest absolute Gasteiger partial charge is 0.446 e. The van der Waals surface area contributed by atoms with E-state index in [4.69, 9.17) is 61.7 Å². The third-order valence-electron chi connectivity index (χ3n) is 8.28. The van der Waals surface area contributed by atoms with Crippen molar-refractivity contribution in [1.29, 1.82) is 0 Å². The molecule has 344 valence electrons. The summed E-state index contributed by atoms with van der Waals surface area (Å²) < 4.78 is 93.7. The first-order chi connectivity index (χ1) is 27.3. The number of hydrogen-bond donors (Lipinski definition) is 0. The van der Waals surface area contributed by atoms with Gasteiger partial charge in [-0.25, -0.2) is 0 Å². The molecule has 0 N–H and O–H groups in total. The molecule has 0 spiro atoms. The zero-order valence-electron chi connectivity index (χ0n) is 38.7. The van der Waals surface area contributed by atoms with Crippen molar-refractivity contribution in [2.45, 2.75) is 169 Å². The molecule has 0 amide bonds. The quantitative estimate of drug-likeness (QED) is 0.136. The fraction of sp³-hybridized carbons (Fsp3) is 1.00. The molecule has 0 aromatic rings. The van der Waals surface area contributed by atoms with Crippen LogP contribution in [-0.4, -0.2) is 149 Å². The van der Waals surface area contributed by atoms with Crippen LogP contribution in [0.25, 0.3) is 0 Å². The van der Waals surface area contributed by atoms with E-state index in [0.717, 1.165) is 61.9 Å². The molecule has 0 radical (unpaired) electrons. The summed E-state index contributed by atoms with van der Waals surface area (Å²) in [5.41, 5.74) is 0. The summed E-state index contributed by atoms with van der Waals surface area (Å²) in [6, 6.07) is 6.05. The third-order valence-corrected chi connectivity index (χ3v) is 57.5. The van der Waals surface area contributed by atoms with Gasteiger partial charge in [0.25, 0.3) is 93.6 Å². The lowest BCUT2D eigenvalue weighted by molar-refractivity contribution is 0.273. The minimum absolute atomic E-state index is 0.683. The maximum absolute atomic E-state index is 6.60. The van der Waals surface area contributed by atoms with Crippen LogP contribution in [0.15, 0.2) is 0 Å². The third kappa shape index (κ3) is 30.6. The minimum Gasteiger partial charge on any atom is -0.446 e. The van der Waals surface area contributed by atoms with Crippen molar-refractivity contribution >= 4 is 149 Å². The van der Waals surface area contributed by atoms with Crippen molar-refractivity contribution in [2.75, 3.05) is 0 Å². The lowest BCUT2D eigenvalue weighted by atomic mass is 10.2. The van der Waals surface area contributed by atoms with Gasteiger partial charge < -0.3 is 61.7 Å². The number of rotatable bonds is 19. The fourth-order valence-corrected chi connectivity index (χ4v) is 57.4. The maximum Gasteiger partial charge on any atom is 0.316 e. The number of unbranched alkanes of at least 4 members (excludes halogenated alkanes) is 3. The Morgan fingerprint density at radius 2 is 0.825 bits per heavy atom. The highest BCUT2D eigenvalue weighted by molar-refractivity contribution is 6.81. The van der Waals surface area contributed by atoms with Crippen LogP contribution in [0.5, 0.6) is 0 Å². The van der Waals surface area contributed by atoms with E-state index in [9.17, 15) is 0 Å². The van der Waals surface area contributed by atoms with Crippen molar-refractivity contribution in [1.82, 2.24) is 0 Å². The summed E-state index contributed by atoms with van der Waals surface area (Å²) in [5, 5.41) is 0. The standard InChI is InChI=1S/C20H68O15Si16.3C2H6/c1-39-24-42(4)30-49(31-43(5)25-39)18-15-36-21-38-23-48(22-37-16-19-50-32-44(6)26-40(2)27-45(7)33-50)17-13-11-12-14-20-51(10)34-46(8)28-41(3)29-47(9)35-51;3*1-2/h39-50H,11-20,36-38H2,1-10H3;3*1-2H3. The molecule has 0 aromatic heterocycles. The van der Waals surface area contributed by atoms with Gasteiger partial charge in [-0.05, 0) is 102 Å². The van der Waals surface area contributed by atoms with Crippen LogP contribution in [-0.2, 0) is 61.7 Å². The van der Waals surface area contributed by atoms with Gasteiger partial charge >= 0.3 is 36.4 Å². The van der Waals surface area contributed by atoms with Crippen LogP contribution in [0.1, 0.15) is 67.2 Å². The van der Waals surface area contributed by atoms with Gasteiger partial charge in [-0.15, -0.1) is 0 Å². The highest BCUT2D eigenvalue weighted by atomic mass is 28.5. The van der Waals surface area contributed by atoms with Crippen LogP contribution in [0.4, 0.5) is 0 Å². The van der Waals surface area contributed by atoms with Crippen LogP contribution < -0.4 is 0 Å². The smallest absolute Gasteiger partial charge is 0.316 e. The second-order valence-electron chi connectivity index (χ2n) is 13.4. The van der Waals surface area contributed by atoms with Crippen LogP contribution in [0.2, 0.25) is 102 Å². The predicted molar refractivity (Wildman–Crippen MR) is 273 cm³/mol. The van der Waals surface area contributed by atoms with Crippen LogP contribution in [0.3, 0.4) is 0 Å². The van der Waals surface area contributed by atoms with Crippen LogP contribution in [0, 0.1) is 0 Å². The van der Waals surface area contributed by atoms with Gasteiger partial charge in [-0.1, -0.05) is 67.2 Å². The second kappa shape index (κ2) is 37.1. The van der Waals surface area contributed by atoms with Crippen molar-refractivity contribution in [3.8, 4) is 0 Å². The Kier molecular flexibility index (Phi) is 39.0. The summed E-state index contributed by atoms with van der Waals surface area (Å²) in [6.45, 7) is 33.0. The summed E-state index contributed by atoms with van der Waals surface area (Å²) in [5.74, 6) is 0. The highest BCUT2D eigenvalue weighted by Gasteiger charge is 2.39. The Hall–Kier alpha value is 2.87. The molecule has 3 heterocycles. The molecule has 0 saturated carbocycles. The average molecular weight is 1090 g/mol. The van der Waals surface area contributed by atoms with Gasteiger partial charge in [0.1, 0.15) is 19.5 Å². The Bertz CT molecular complexity index is 902. The second-order valence-corrected chi connectivity index (χ2v) is 50.3. The summed E-state index contributed by atoms with van der Waals surface area (Å²) in [6.07, 6.45) is 4.53. The van der Waals surface area contributed by atoms with E-state index in [1.807, 2.05) is 41.5 Å². The molecule has 7 unspecified atom stereocenters.